The number of fused-ring (bicyclic) bond motifs is 2. The highest BCUT2D eigenvalue weighted by atomic mass is 16.5. The van der Waals surface area contributed by atoms with Crippen LogP contribution < -0.4 is 31.0 Å². The normalized spacial score (nSPS) is 21.6. The van der Waals surface area contributed by atoms with E-state index in [2.05, 4.69) is 20.9 Å². The molecule has 2 aromatic heterocycles. The van der Waals surface area contributed by atoms with Gasteiger partial charge in [-0.2, -0.15) is 0 Å². The standard InChI is InChI=1S/C44H47N7O9/c1-49(19-31-34(59-3)15-25(16-35(31)60-4)30-20-50(2)40(56)29-18-45-14-12-27(29)30)21-37(54)46-13-6-7-26(52)17-43-22-44(23-43,24-43)48-32-9-5-8-28-38(32)42(58)51(41(28)57)33-10-11-36(53)47-39(33)55/h5,8-9,12,14-16,18,20,33,48H,6-7,10-11,13,17,19,21-24H2,1-4H3,(H,46,54)(H,47,53,55). The van der Waals surface area contributed by atoms with Crippen LogP contribution >= 0.6 is 0 Å². The zero-order valence-corrected chi connectivity index (χ0v) is 34.0. The van der Waals surface area contributed by atoms with Crippen molar-refractivity contribution in [1.29, 1.82) is 0 Å². The summed E-state index contributed by atoms with van der Waals surface area (Å²) < 4.78 is 13.1. The van der Waals surface area contributed by atoms with E-state index in [9.17, 15) is 33.6 Å². The molecule has 4 aromatic rings. The van der Waals surface area contributed by atoms with Gasteiger partial charge >= 0.3 is 0 Å². The Morgan fingerprint density at radius 1 is 0.983 bits per heavy atom. The summed E-state index contributed by atoms with van der Waals surface area (Å²) in [5, 5.41) is 9.91. The summed E-state index contributed by atoms with van der Waals surface area (Å²) in [5.41, 5.74) is 2.85. The summed E-state index contributed by atoms with van der Waals surface area (Å²) in [6.45, 7) is 0.831. The van der Waals surface area contributed by atoms with Crippen LogP contribution in [0.5, 0.6) is 11.5 Å². The predicted octanol–water partition coefficient (Wildman–Crippen LogP) is 3.34. The van der Waals surface area contributed by atoms with Crippen molar-refractivity contribution in [2.45, 2.75) is 69.5 Å². The van der Waals surface area contributed by atoms with E-state index in [0.717, 1.165) is 46.2 Å². The minimum absolute atomic E-state index is 0.0505. The van der Waals surface area contributed by atoms with Crippen molar-refractivity contribution < 1.29 is 38.2 Å². The number of hydrogen-bond donors (Lipinski definition) is 3. The number of ether oxygens (including phenoxy) is 2. The minimum atomic E-state index is -1.03. The van der Waals surface area contributed by atoms with Crippen molar-refractivity contribution in [2.24, 2.45) is 12.5 Å². The number of imide groups is 2. The van der Waals surface area contributed by atoms with Crippen LogP contribution in [-0.2, 0) is 32.8 Å². The average molecular weight is 818 g/mol. The van der Waals surface area contributed by atoms with E-state index in [-0.39, 0.29) is 58.7 Å². The number of aryl methyl sites for hydroxylation is 1. The number of amides is 5. The molecule has 3 N–H and O–H groups in total. The number of carbonyl (C=O) groups is 6. The van der Waals surface area contributed by atoms with Gasteiger partial charge in [0.1, 0.15) is 23.3 Å². The van der Waals surface area contributed by atoms with Crippen LogP contribution in [0.2, 0.25) is 0 Å². The lowest BCUT2D eigenvalue weighted by Crippen LogP contribution is -2.71. The summed E-state index contributed by atoms with van der Waals surface area (Å²) in [6.07, 6.45) is 8.72. The van der Waals surface area contributed by atoms with Crippen LogP contribution in [-0.4, -0.2) is 101 Å². The summed E-state index contributed by atoms with van der Waals surface area (Å²) in [4.78, 5) is 96.5. The summed E-state index contributed by atoms with van der Waals surface area (Å²) in [7, 11) is 6.67. The molecule has 0 radical (unpaired) electrons. The maximum Gasteiger partial charge on any atom is 0.264 e. The molecule has 0 spiro atoms. The third-order valence-corrected chi connectivity index (χ3v) is 12.3. The van der Waals surface area contributed by atoms with Crippen molar-refractivity contribution in [3.8, 4) is 22.6 Å². The Labute approximate surface area is 345 Å². The van der Waals surface area contributed by atoms with Crippen LogP contribution in [0.25, 0.3) is 21.9 Å². The van der Waals surface area contributed by atoms with Gasteiger partial charge in [0, 0.05) is 74.8 Å². The van der Waals surface area contributed by atoms with Gasteiger partial charge < -0.3 is 24.7 Å². The van der Waals surface area contributed by atoms with Crippen molar-refractivity contribution in [2.75, 3.05) is 39.7 Å². The lowest BCUT2D eigenvalue weighted by Gasteiger charge is -2.71. The SMILES string of the molecule is COc1cc(-c2cn(C)c(=O)c3cnccc23)cc(OC)c1CN(C)CC(=O)NCCCC(=O)CC12CC(Nc3cccc4c3C(=O)N(C3CCC(=O)NC3=O)C4=O)(C1)C2. The van der Waals surface area contributed by atoms with E-state index < -0.39 is 29.7 Å². The number of piperidine rings is 1. The summed E-state index contributed by atoms with van der Waals surface area (Å²) in [5.74, 6) is -1.07. The first-order valence-corrected chi connectivity index (χ1v) is 20.0. The van der Waals surface area contributed by atoms with Gasteiger partial charge in [-0.25, -0.2) is 0 Å². The van der Waals surface area contributed by atoms with Crippen LogP contribution in [0.4, 0.5) is 5.69 Å². The highest BCUT2D eigenvalue weighted by Crippen LogP contribution is 2.70. The second-order valence-electron chi connectivity index (χ2n) is 16.7. The van der Waals surface area contributed by atoms with E-state index in [0.29, 0.717) is 54.9 Å². The fraction of sp³-hybridized carbons (Fsp3) is 0.409. The lowest BCUT2D eigenvalue weighted by molar-refractivity contribution is -0.146. The second kappa shape index (κ2) is 15.6. The number of benzene rings is 2. The molecule has 1 saturated heterocycles. The first-order chi connectivity index (χ1) is 28.7. The second-order valence-corrected chi connectivity index (χ2v) is 16.7. The molecule has 5 amide bonds. The Balaban J connectivity index is 0.793. The summed E-state index contributed by atoms with van der Waals surface area (Å²) in [6, 6.07) is 9.59. The molecule has 4 fully saturated rings. The number of anilines is 1. The molecule has 3 aliphatic carbocycles. The first kappa shape index (κ1) is 40.4. The first-order valence-electron chi connectivity index (χ1n) is 20.0. The minimum Gasteiger partial charge on any atom is -0.496 e. The Morgan fingerprint density at radius 3 is 2.42 bits per heavy atom. The molecule has 2 bridgehead atoms. The van der Waals surface area contributed by atoms with Crippen molar-refractivity contribution >= 4 is 51.8 Å². The zero-order chi connectivity index (χ0) is 42.5. The smallest absolute Gasteiger partial charge is 0.264 e. The quantitative estimate of drug-likeness (QED) is 0.110. The number of hydrogen-bond acceptors (Lipinski definition) is 12. The number of Topliss-reactive ketones (excluding diaryl/α,β-unsaturated/α-hetero) is 1. The highest BCUT2D eigenvalue weighted by molar-refractivity contribution is 6.25. The topological polar surface area (TPSA) is 198 Å². The zero-order valence-electron chi connectivity index (χ0n) is 34.0. The van der Waals surface area contributed by atoms with Crippen molar-refractivity contribution in [3.05, 3.63) is 82.0 Å². The molecule has 1 atom stereocenters. The van der Waals surface area contributed by atoms with Gasteiger partial charge in [0.05, 0.1) is 42.8 Å². The lowest BCUT2D eigenvalue weighted by atomic mass is 9.38. The molecule has 16 heteroatoms. The van der Waals surface area contributed by atoms with Crippen molar-refractivity contribution in [3.63, 3.8) is 0 Å². The Morgan fingerprint density at radius 2 is 1.72 bits per heavy atom. The Bertz CT molecular complexity index is 2500. The molecule has 16 nitrogen and oxygen atoms in total. The monoisotopic (exact) mass is 817 g/mol. The fourth-order valence-corrected chi connectivity index (χ4v) is 9.71. The van der Waals surface area contributed by atoms with E-state index in [1.807, 2.05) is 30.1 Å². The molecule has 4 heterocycles. The maximum atomic E-state index is 13.5. The number of carbonyl (C=O) groups excluding carboxylic acids is 6. The number of likely N-dealkylation sites (N-methyl/N-ethyl adjacent to an activating group) is 1. The van der Waals surface area contributed by atoms with Gasteiger partial charge in [0.2, 0.25) is 17.7 Å². The molecular formula is C44H47N7O9. The van der Waals surface area contributed by atoms with E-state index in [4.69, 9.17) is 9.47 Å². The molecule has 2 aromatic carbocycles. The number of nitrogens with one attached hydrogen (secondary N) is 3. The van der Waals surface area contributed by atoms with Crippen LogP contribution in [0, 0.1) is 5.41 Å². The van der Waals surface area contributed by atoms with Crippen LogP contribution in [0.3, 0.4) is 0 Å². The van der Waals surface area contributed by atoms with Gasteiger partial charge in [-0.05, 0) is 85.8 Å². The summed E-state index contributed by atoms with van der Waals surface area (Å²) >= 11 is 0. The van der Waals surface area contributed by atoms with E-state index >= 15 is 0 Å². The molecule has 5 aliphatic rings. The Hall–Kier alpha value is -6.42. The average Bonchev–Trinajstić information content (AvgIpc) is 3.45. The third-order valence-electron chi connectivity index (χ3n) is 12.3. The number of nitrogens with zero attached hydrogens (tertiary/aromatic N) is 4. The van der Waals surface area contributed by atoms with Gasteiger partial charge in [-0.1, -0.05) is 6.07 Å². The van der Waals surface area contributed by atoms with E-state index in [1.54, 1.807) is 58.1 Å². The molecule has 9 rings (SSSR count). The van der Waals surface area contributed by atoms with Crippen LogP contribution in [0.1, 0.15) is 77.6 Å². The van der Waals surface area contributed by atoms with Gasteiger partial charge in [0.15, 0.2) is 0 Å². The van der Waals surface area contributed by atoms with Gasteiger partial charge in [-0.3, -0.25) is 53.7 Å². The Kier molecular flexibility index (Phi) is 10.5. The van der Waals surface area contributed by atoms with Gasteiger partial charge in [0.25, 0.3) is 17.4 Å². The molecule has 312 valence electrons. The third kappa shape index (κ3) is 7.29. The number of methoxy groups -OCH3 is 2. The van der Waals surface area contributed by atoms with Crippen LogP contribution in [0.15, 0.2) is 59.8 Å². The largest absolute Gasteiger partial charge is 0.496 e. The predicted molar refractivity (Wildman–Crippen MR) is 219 cm³/mol. The highest BCUT2D eigenvalue weighted by Gasteiger charge is 2.68. The number of pyridine rings is 2. The molecule has 60 heavy (non-hydrogen) atoms. The maximum absolute atomic E-state index is 13.5. The number of aromatic nitrogens is 2. The molecule has 1 unspecified atom stereocenters. The molecular weight excluding hydrogens is 771 g/mol. The van der Waals surface area contributed by atoms with Gasteiger partial charge in [-0.15, -0.1) is 0 Å². The molecule has 2 aliphatic heterocycles. The van der Waals surface area contributed by atoms with Crippen molar-refractivity contribution in [1.82, 2.24) is 30.0 Å². The molecule has 3 saturated carbocycles. The number of ketones is 1. The number of rotatable bonds is 16. The fourth-order valence-electron chi connectivity index (χ4n) is 9.71. The van der Waals surface area contributed by atoms with E-state index in [1.165, 1.54) is 4.57 Å².